The van der Waals surface area contributed by atoms with Gasteiger partial charge in [-0.3, -0.25) is 10.1 Å². The molecule has 2 aromatic heterocycles. The summed E-state index contributed by atoms with van der Waals surface area (Å²) >= 11 is 0. The van der Waals surface area contributed by atoms with Crippen LogP contribution < -0.4 is 10.5 Å². The van der Waals surface area contributed by atoms with E-state index in [1.807, 2.05) is 6.92 Å². The lowest BCUT2D eigenvalue weighted by Gasteiger charge is -2.05. The predicted octanol–water partition coefficient (Wildman–Crippen LogP) is 1.20. The van der Waals surface area contributed by atoms with Gasteiger partial charge >= 0.3 is 0 Å². The molecule has 0 fully saturated rings. The van der Waals surface area contributed by atoms with Crippen molar-refractivity contribution in [3.05, 3.63) is 35.8 Å². The van der Waals surface area contributed by atoms with Gasteiger partial charge in [0.1, 0.15) is 5.84 Å². The van der Waals surface area contributed by atoms with Crippen molar-refractivity contribution in [2.45, 2.75) is 6.92 Å². The number of aryl methyl sites for hydroxylation is 2. The van der Waals surface area contributed by atoms with E-state index >= 15 is 0 Å². The number of hydrogen-bond donors (Lipinski definition) is 2. The van der Waals surface area contributed by atoms with Gasteiger partial charge in [0.2, 0.25) is 5.88 Å². The Hall–Kier alpha value is -2.37. The van der Waals surface area contributed by atoms with Crippen LogP contribution >= 0.6 is 0 Å². The maximum atomic E-state index is 7.39. The van der Waals surface area contributed by atoms with E-state index in [2.05, 4.69) is 10.1 Å². The number of ether oxygens (including phenoxy) is 1. The fourth-order valence-corrected chi connectivity index (χ4v) is 1.42. The van der Waals surface area contributed by atoms with E-state index in [9.17, 15) is 0 Å². The molecule has 0 aliphatic heterocycles. The molecule has 2 rings (SSSR count). The average Bonchev–Trinajstić information content (AvgIpc) is 2.63. The summed E-state index contributed by atoms with van der Waals surface area (Å²) in [4.78, 5) is 4.21. The molecule has 6 nitrogen and oxygen atoms in total. The van der Waals surface area contributed by atoms with Crippen LogP contribution in [-0.4, -0.2) is 20.6 Å². The molecule has 0 unspecified atom stereocenters. The van der Waals surface area contributed by atoms with Crippen LogP contribution in [0.25, 0.3) is 0 Å². The summed E-state index contributed by atoms with van der Waals surface area (Å²) in [5.74, 6) is 0.995. The van der Waals surface area contributed by atoms with Gasteiger partial charge in [-0.1, -0.05) is 0 Å². The van der Waals surface area contributed by atoms with Crippen LogP contribution in [0.4, 0.5) is 0 Å². The number of aromatic nitrogens is 3. The lowest BCUT2D eigenvalue weighted by molar-refractivity contribution is 0.461. The Balaban J connectivity index is 2.29. The van der Waals surface area contributed by atoms with E-state index < -0.39 is 0 Å². The van der Waals surface area contributed by atoms with Gasteiger partial charge in [0.25, 0.3) is 0 Å². The van der Waals surface area contributed by atoms with E-state index in [0.717, 1.165) is 5.69 Å². The SMILES string of the molecule is Cc1cc(C(=N)N)cc(Oc2cnn(C)c2)n1. The van der Waals surface area contributed by atoms with Crippen molar-refractivity contribution in [2.75, 3.05) is 0 Å². The number of hydrogen-bond acceptors (Lipinski definition) is 4. The van der Waals surface area contributed by atoms with Crippen LogP contribution in [0, 0.1) is 12.3 Å². The summed E-state index contributed by atoms with van der Waals surface area (Å²) in [6.07, 6.45) is 3.33. The third-order valence-electron chi connectivity index (χ3n) is 2.14. The molecule has 0 amide bonds. The minimum absolute atomic E-state index is 0.00784. The number of nitrogens with two attached hydrogens (primary N) is 1. The molecule has 2 heterocycles. The van der Waals surface area contributed by atoms with Gasteiger partial charge in [0.15, 0.2) is 5.75 Å². The Labute approximate surface area is 98.5 Å². The minimum Gasteiger partial charge on any atom is -0.436 e. The second kappa shape index (κ2) is 4.25. The van der Waals surface area contributed by atoms with Gasteiger partial charge in [0.05, 0.1) is 12.4 Å². The molecule has 3 N–H and O–H groups in total. The molecule has 88 valence electrons. The first kappa shape index (κ1) is 11.1. The topological polar surface area (TPSA) is 89.8 Å². The van der Waals surface area contributed by atoms with Crippen molar-refractivity contribution >= 4 is 5.84 Å². The Morgan fingerprint density at radius 2 is 2.24 bits per heavy atom. The predicted molar refractivity (Wildman–Crippen MR) is 63.3 cm³/mol. The van der Waals surface area contributed by atoms with Crippen molar-refractivity contribution in [1.29, 1.82) is 5.41 Å². The van der Waals surface area contributed by atoms with Crippen LogP contribution in [0.5, 0.6) is 11.6 Å². The molecule has 0 saturated heterocycles. The first-order chi connectivity index (χ1) is 8.04. The molecule has 0 aliphatic carbocycles. The smallest absolute Gasteiger partial charge is 0.220 e. The second-order valence-corrected chi connectivity index (χ2v) is 3.70. The molecule has 0 radical (unpaired) electrons. The molecule has 0 bridgehead atoms. The van der Waals surface area contributed by atoms with Crippen molar-refractivity contribution in [3.8, 4) is 11.6 Å². The zero-order valence-electron chi connectivity index (χ0n) is 9.64. The van der Waals surface area contributed by atoms with Gasteiger partial charge < -0.3 is 10.5 Å². The normalized spacial score (nSPS) is 10.2. The minimum atomic E-state index is -0.00784. The average molecular weight is 231 g/mol. The number of nitrogens with zero attached hydrogens (tertiary/aromatic N) is 3. The van der Waals surface area contributed by atoms with E-state index in [4.69, 9.17) is 15.9 Å². The number of rotatable bonds is 3. The summed E-state index contributed by atoms with van der Waals surface area (Å²) in [6.45, 7) is 1.82. The summed E-state index contributed by atoms with van der Waals surface area (Å²) in [5.41, 5.74) is 6.77. The van der Waals surface area contributed by atoms with Gasteiger partial charge in [-0.15, -0.1) is 0 Å². The molecular formula is C11H13N5O. The Morgan fingerprint density at radius 1 is 1.47 bits per heavy atom. The highest BCUT2D eigenvalue weighted by molar-refractivity contribution is 5.95. The van der Waals surface area contributed by atoms with Crippen LogP contribution in [0.15, 0.2) is 24.5 Å². The Morgan fingerprint density at radius 3 is 2.82 bits per heavy atom. The molecule has 2 aromatic rings. The number of amidine groups is 1. The van der Waals surface area contributed by atoms with Gasteiger partial charge in [-0.05, 0) is 13.0 Å². The van der Waals surface area contributed by atoms with Crippen LogP contribution in [0.1, 0.15) is 11.3 Å². The summed E-state index contributed by atoms with van der Waals surface area (Å²) in [6, 6.07) is 3.36. The lowest BCUT2D eigenvalue weighted by atomic mass is 10.2. The highest BCUT2D eigenvalue weighted by atomic mass is 16.5. The molecule has 0 aromatic carbocycles. The molecule has 0 atom stereocenters. The number of pyridine rings is 1. The van der Waals surface area contributed by atoms with E-state index in [1.54, 1.807) is 36.3 Å². The summed E-state index contributed by atoms with van der Waals surface area (Å²) in [5, 5.41) is 11.4. The monoisotopic (exact) mass is 231 g/mol. The second-order valence-electron chi connectivity index (χ2n) is 3.70. The molecular weight excluding hydrogens is 218 g/mol. The third kappa shape index (κ3) is 2.60. The quantitative estimate of drug-likeness (QED) is 0.613. The van der Waals surface area contributed by atoms with Crippen molar-refractivity contribution in [1.82, 2.24) is 14.8 Å². The van der Waals surface area contributed by atoms with Crippen molar-refractivity contribution < 1.29 is 4.74 Å². The molecule has 6 heteroatoms. The van der Waals surface area contributed by atoms with Gasteiger partial charge in [-0.25, -0.2) is 4.98 Å². The molecule has 0 spiro atoms. The van der Waals surface area contributed by atoms with Crippen LogP contribution in [-0.2, 0) is 7.05 Å². The maximum Gasteiger partial charge on any atom is 0.220 e. The highest BCUT2D eigenvalue weighted by Crippen LogP contribution is 2.19. The fourth-order valence-electron chi connectivity index (χ4n) is 1.42. The van der Waals surface area contributed by atoms with Crippen LogP contribution in [0.2, 0.25) is 0 Å². The van der Waals surface area contributed by atoms with Gasteiger partial charge in [0, 0.05) is 24.4 Å². The zero-order valence-corrected chi connectivity index (χ0v) is 9.64. The van der Waals surface area contributed by atoms with E-state index in [-0.39, 0.29) is 5.84 Å². The molecule has 0 aliphatic rings. The number of nitrogens with one attached hydrogen (secondary N) is 1. The molecule has 0 saturated carbocycles. The van der Waals surface area contributed by atoms with E-state index in [0.29, 0.717) is 17.2 Å². The lowest BCUT2D eigenvalue weighted by Crippen LogP contribution is -2.11. The standard InChI is InChI=1S/C11H13N5O/c1-7-3-8(11(12)13)4-10(15-7)17-9-5-14-16(2)6-9/h3-6H,1-2H3,(H3,12,13). The van der Waals surface area contributed by atoms with E-state index in [1.165, 1.54) is 0 Å². The first-order valence-electron chi connectivity index (χ1n) is 5.04. The third-order valence-corrected chi connectivity index (χ3v) is 2.14. The van der Waals surface area contributed by atoms with Crippen molar-refractivity contribution in [3.63, 3.8) is 0 Å². The summed E-state index contributed by atoms with van der Waals surface area (Å²) in [7, 11) is 1.80. The van der Waals surface area contributed by atoms with Crippen molar-refractivity contribution in [2.24, 2.45) is 12.8 Å². The maximum absolute atomic E-state index is 7.39. The van der Waals surface area contributed by atoms with Gasteiger partial charge in [-0.2, -0.15) is 5.10 Å². The zero-order chi connectivity index (χ0) is 12.4. The largest absolute Gasteiger partial charge is 0.436 e. The summed E-state index contributed by atoms with van der Waals surface area (Å²) < 4.78 is 7.16. The highest BCUT2D eigenvalue weighted by Gasteiger charge is 2.05. The number of nitrogen functional groups attached to an aromatic ring is 1. The molecule has 17 heavy (non-hydrogen) atoms. The Bertz CT molecular complexity index is 561. The van der Waals surface area contributed by atoms with Crippen LogP contribution in [0.3, 0.4) is 0 Å². The Kier molecular flexibility index (Phi) is 2.78. The fraction of sp³-hybridized carbons (Fsp3) is 0.182. The first-order valence-corrected chi connectivity index (χ1v) is 5.04.